The third kappa shape index (κ3) is 3.73. The predicted molar refractivity (Wildman–Crippen MR) is 124 cm³/mol. The average molecular weight is 458 g/mol. The van der Waals surface area contributed by atoms with Crippen LogP contribution in [0.2, 0.25) is 0 Å². The fourth-order valence-electron chi connectivity index (χ4n) is 4.33. The zero-order valence-corrected chi connectivity index (χ0v) is 18.2. The maximum atomic E-state index is 15.0. The first-order valence-electron chi connectivity index (χ1n) is 11.0. The molecule has 1 fully saturated rings. The van der Waals surface area contributed by atoms with Crippen LogP contribution in [0.4, 0.5) is 14.5 Å². The molecule has 2 aromatic carbocycles. The molecule has 0 saturated carbocycles. The highest BCUT2D eigenvalue weighted by Crippen LogP contribution is 2.32. The standard InChI is InChI=1S/C25H20F2N6O/c26-21-14-22(27)20(12-16(21)11-17-1-4-24-28-5-6-33(24)31-17)25-19-3-2-18(13-23(19)29-15-30-25)32-7-9-34-10-8-32/h1-6,12-15H,7-11H2. The Hall–Kier alpha value is -3.98. The van der Waals surface area contributed by atoms with Crippen LogP contribution in [0.15, 0.2) is 61.2 Å². The van der Waals surface area contributed by atoms with Crippen LogP contribution >= 0.6 is 0 Å². The summed E-state index contributed by atoms with van der Waals surface area (Å²) < 4.78 is 36.7. The molecule has 0 amide bonds. The van der Waals surface area contributed by atoms with Gasteiger partial charge in [-0.15, -0.1) is 0 Å². The van der Waals surface area contributed by atoms with E-state index in [4.69, 9.17) is 4.74 Å². The number of imidazole rings is 1. The van der Waals surface area contributed by atoms with Crippen LogP contribution in [0.25, 0.3) is 27.8 Å². The summed E-state index contributed by atoms with van der Waals surface area (Å²) in [4.78, 5) is 15.2. The number of aromatic nitrogens is 5. The summed E-state index contributed by atoms with van der Waals surface area (Å²) in [6.07, 6.45) is 4.99. The number of nitrogens with zero attached hydrogens (tertiary/aromatic N) is 6. The highest BCUT2D eigenvalue weighted by molar-refractivity contribution is 5.94. The molecular weight excluding hydrogens is 438 g/mol. The first-order valence-corrected chi connectivity index (χ1v) is 11.0. The zero-order chi connectivity index (χ0) is 23.1. The number of rotatable bonds is 4. The third-order valence-electron chi connectivity index (χ3n) is 6.07. The van der Waals surface area contributed by atoms with E-state index in [2.05, 4.69) is 25.0 Å². The molecule has 34 heavy (non-hydrogen) atoms. The van der Waals surface area contributed by atoms with Gasteiger partial charge in [-0.1, -0.05) is 0 Å². The Bertz CT molecular complexity index is 1510. The molecule has 0 aliphatic carbocycles. The second-order valence-electron chi connectivity index (χ2n) is 8.18. The van der Waals surface area contributed by atoms with Crippen LogP contribution in [0.1, 0.15) is 11.3 Å². The molecule has 0 spiro atoms. The van der Waals surface area contributed by atoms with E-state index in [9.17, 15) is 8.78 Å². The summed E-state index contributed by atoms with van der Waals surface area (Å²) in [5, 5.41) is 5.16. The molecule has 0 bridgehead atoms. The fourth-order valence-corrected chi connectivity index (χ4v) is 4.33. The van der Waals surface area contributed by atoms with E-state index in [1.807, 2.05) is 24.3 Å². The lowest BCUT2D eigenvalue weighted by molar-refractivity contribution is 0.122. The van der Waals surface area contributed by atoms with E-state index >= 15 is 0 Å². The lowest BCUT2D eigenvalue weighted by Gasteiger charge is -2.29. The van der Waals surface area contributed by atoms with E-state index in [0.717, 1.165) is 24.8 Å². The number of morpholine rings is 1. The van der Waals surface area contributed by atoms with Crippen LogP contribution in [0.5, 0.6) is 0 Å². The number of fused-ring (bicyclic) bond motifs is 2. The van der Waals surface area contributed by atoms with Crippen LogP contribution < -0.4 is 4.90 Å². The smallest absolute Gasteiger partial charge is 0.153 e. The van der Waals surface area contributed by atoms with Gasteiger partial charge in [0.25, 0.3) is 0 Å². The van der Waals surface area contributed by atoms with Crippen molar-refractivity contribution >= 4 is 22.2 Å². The van der Waals surface area contributed by atoms with Gasteiger partial charge < -0.3 is 9.64 Å². The van der Waals surface area contributed by atoms with Gasteiger partial charge in [0, 0.05) is 54.6 Å². The van der Waals surface area contributed by atoms with Crippen molar-refractivity contribution in [3.63, 3.8) is 0 Å². The largest absolute Gasteiger partial charge is 0.378 e. The SMILES string of the molecule is Fc1cc(F)c(-c2ncnc3cc(N4CCOCC4)ccc23)cc1Cc1ccc2nccn2n1. The molecule has 1 aliphatic rings. The van der Waals surface area contributed by atoms with Crippen LogP contribution in [-0.4, -0.2) is 50.9 Å². The Morgan fingerprint density at radius 2 is 1.79 bits per heavy atom. The summed E-state index contributed by atoms with van der Waals surface area (Å²) in [6, 6.07) is 11.9. The van der Waals surface area contributed by atoms with E-state index in [1.165, 1.54) is 12.4 Å². The van der Waals surface area contributed by atoms with Gasteiger partial charge >= 0.3 is 0 Å². The van der Waals surface area contributed by atoms with Crippen molar-refractivity contribution in [2.75, 3.05) is 31.2 Å². The van der Waals surface area contributed by atoms with Crippen molar-refractivity contribution in [3.05, 3.63) is 84.1 Å². The molecule has 4 heterocycles. The normalized spacial score (nSPS) is 14.2. The Kier molecular flexibility index (Phi) is 5.10. The van der Waals surface area contributed by atoms with Gasteiger partial charge in [0.05, 0.1) is 30.1 Å². The Morgan fingerprint density at radius 3 is 2.68 bits per heavy atom. The lowest BCUT2D eigenvalue weighted by atomic mass is 10.00. The third-order valence-corrected chi connectivity index (χ3v) is 6.07. The van der Waals surface area contributed by atoms with Crippen LogP contribution in [0.3, 0.4) is 0 Å². The molecule has 6 rings (SSSR count). The summed E-state index contributed by atoms with van der Waals surface area (Å²) in [5.74, 6) is -1.29. The molecule has 1 saturated heterocycles. The summed E-state index contributed by atoms with van der Waals surface area (Å²) >= 11 is 0. The van der Waals surface area contributed by atoms with E-state index in [1.54, 1.807) is 23.0 Å². The van der Waals surface area contributed by atoms with E-state index < -0.39 is 11.6 Å². The molecule has 170 valence electrons. The number of benzene rings is 2. The van der Waals surface area contributed by atoms with Crippen molar-refractivity contribution in [2.24, 2.45) is 0 Å². The van der Waals surface area contributed by atoms with E-state index in [-0.39, 0.29) is 12.0 Å². The van der Waals surface area contributed by atoms with Crippen molar-refractivity contribution in [1.82, 2.24) is 24.6 Å². The van der Waals surface area contributed by atoms with Crippen molar-refractivity contribution in [3.8, 4) is 11.3 Å². The molecule has 9 heteroatoms. The van der Waals surface area contributed by atoms with E-state index in [0.29, 0.717) is 46.7 Å². The fraction of sp³-hybridized carbons (Fsp3) is 0.200. The van der Waals surface area contributed by atoms with Gasteiger partial charge in [-0.2, -0.15) is 5.10 Å². The lowest BCUT2D eigenvalue weighted by Crippen LogP contribution is -2.36. The first-order chi connectivity index (χ1) is 16.7. The van der Waals surface area contributed by atoms with Gasteiger partial charge in [-0.05, 0) is 42.0 Å². The summed E-state index contributed by atoms with van der Waals surface area (Å²) in [5.41, 5.74) is 4.06. The molecule has 0 N–H and O–H groups in total. The van der Waals surface area contributed by atoms with Crippen LogP contribution in [0, 0.1) is 11.6 Å². The average Bonchev–Trinajstić information content (AvgIpc) is 3.34. The highest BCUT2D eigenvalue weighted by atomic mass is 19.1. The van der Waals surface area contributed by atoms with Crippen molar-refractivity contribution < 1.29 is 13.5 Å². The first kappa shape index (κ1) is 20.6. The second-order valence-corrected chi connectivity index (χ2v) is 8.18. The van der Waals surface area contributed by atoms with Gasteiger partial charge in [0.1, 0.15) is 18.0 Å². The number of ether oxygens (including phenoxy) is 1. The molecule has 5 aromatic rings. The summed E-state index contributed by atoms with van der Waals surface area (Å²) in [6.45, 7) is 2.97. The van der Waals surface area contributed by atoms with Gasteiger partial charge in [0.2, 0.25) is 0 Å². The molecule has 0 unspecified atom stereocenters. The Balaban J connectivity index is 1.39. The molecule has 7 nitrogen and oxygen atoms in total. The molecule has 1 aliphatic heterocycles. The summed E-state index contributed by atoms with van der Waals surface area (Å²) in [7, 11) is 0. The molecule has 3 aromatic heterocycles. The highest BCUT2D eigenvalue weighted by Gasteiger charge is 2.18. The number of anilines is 1. The van der Waals surface area contributed by atoms with Gasteiger partial charge in [0.15, 0.2) is 5.65 Å². The quantitative estimate of drug-likeness (QED) is 0.405. The zero-order valence-electron chi connectivity index (χ0n) is 18.2. The Labute approximate surface area is 193 Å². The predicted octanol–water partition coefficient (Wildman–Crippen LogP) is 4.05. The maximum absolute atomic E-state index is 15.0. The number of halogens is 2. The minimum absolute atomic E-state index is 0.206. The van der Waals surface area contributed by atoms with Gasteiger partial charge in [-0.25, -0.2) is 28.2 Å². The Morgan fingerprint density at radius 1 is 0.912 bits per heavy atom. The van der Waals surface area contributed by atoms with Crippen molar-refractivity contribution in [2.45, 2.75) is 6.42 Å². The van der Waals surface area contributed by atoms with Crippen LogP contribution in [-0.2, 0) is 11.2 Å². The molecular formula is C25H20F2N6O. The van der Waals surface area contributed by atoms with Gasteiger partial charge in [-0.3, -0.25) is 0 Å². The maximum Gasteiger partial charge on any atom is 0.153 e. The monoisotopic (exact) mass is 458 g/mol. The minimum Gasteiger partial charge on any atom is -0.378 e. The topological polar surface area (TPSA) is 68.4 Å². The molecule has 0 radical (unpaired) electrons. The molecule has 0 atom stereocenters. The van der Waals surface area contributed by atoms with Crippen molar-refractivity contribution in [1.29, 1.82) is 0 Å². The minimum atomic E-state index is -0.670. The second kappa shape index (κ2) is 8.42. The number of hydrogen-bond donors (Lipinski definition) is 0. The number of hydrogen-bond acceptors (Lipinski definition) is 6.